The summed E-state index contributed by atoms with van der Waals surface area (Å²) in [5.41, 5.74) is 2.80. The number of thioether (sulfide) groups is 1. The number of hydrogen-bond acceptors (Lipinski definition) is 8. The minimum Gasteiger partial charge on any atom is -0.486 e. The van der Waals surface area contributed by atoms with Crippen LogP contribution >= 0.6 is 23.1 Å². The molecule has 1 amide bonds. The maximum atomic E-state index is 13.0. The van der Waals surface area contributed by atoms with Gasteiger partial charge in [0.1, 0.15) is 17.4 Å². The van der Waals surface area contributed by atoms with E-state index < -0.39 is 0 Å². The molecule has 0 saturated carbocycles. The largest absolute Gasteiger partial charge is 0.486 e. The van der Waals surface area contributed by atoms with Crippen LogP contribution in [0.15, 0.2) is 42.1 Å². The van der Waals surface area contributed by atoms with Crippen molar-refractivity contribution in [3.05, 3.63) is 64.3 Å². The molecule has 4 rings (SSSR count). The normalized spacial score (nSPS) is 12.9. The van der Waals surface area contributed by atoms with E-state index in [0.29, 0.717) is 34.7 Å². The number of hydrogen-bond donors (Lipinski definition) is 1. The first kappa shape index (κ1) is 27.9. The third kappa shape index (κ3) is 6.85. The van der Waals surface area contributed by atoms with Gasteiger partial charge < -0.3 is 14.8 Å². The summed E-state index contributed by atoms with van der Waals surface area (Å²) in [5.74, 6) is 0.961. The highest BCUT2D eigenvalue weighted by Gasteiger charge is 2.27. The molecule has 3 aromatic rings. The van der Waals surface area contributed by atoms with Gasteiger partial charge in [-0.25, -0.2) is 4.79 Å². The Morgan fingerprint density at radius 2 is 1.95 bits per heavy atom. The molecular formula is C28H34N4O4S2. The molecule has 0 atom stereocenters. The van der Waals surface area contributed by atoms with Crippen LogP contribution in [0.4, 0.5) is 5.00 Å². The second-order valence-electron chi connectivity index (χ2n) is 8.91. The highest BCUT2D eigenvalue weighted by Crippen LogP contribution is 2.38. The van der Waals surface area contributed by atoms with E-state index in [-0.39, 0.29) is 24.2 Å². The molecule has 0 fully saturated rings. The van der Waals surface area contributed by atoms with Gasteiger partial charge in [-0.05, 0) is 62.3 Å². The summed E-state index contributed by atoms with van der Waals surface area (Å²) >= 11 is 2.78. The van der Waals surface area contributed by atoms with Crippen LogP contribution in [0.2, 0.25) is 0 Å². The van der Waals surface area contributed by atoms with E-state index in [1.165, 1.54) is 33.5 Å². The number of anilines is 1. The Kier molecular flexibility index (Phi) is 10.0. The number of carbonyl (C=O) groups is 2. The molecule has 1 aliphatic carbocycles. The van der Waals surface area contributed by atoms with Gasteiger partial charge in [-0.1, -0.05) is 43.3 Å². The van der Waals surface area contributed by atoms with Crippen LogP contribution < -0.4 is 10.1 Å². The molecule has 1 aromatic carbocycles. The molecule has 38 heavy (non-hydrogen) atoms. The van der Waals surface area contributed by atoms with Crippen molar-refractivity contribution in [2.75, 3.05) is 17.7 Å². The number of thiophene rings is 1. The molecule has 0 spiro atoms. The van der Waals surface area contributed by atoms with Gasteiger partial charge in [0.15, 0.2) is 11.0 Å². The zero-order chi connectivity index (χ0) is 26.9. The maximum absolute atomic E-state index is 13.0. The standard InChI is InChI=1S/C28H34N4O4S2/c1-4-16-32-23(17-36-20-14-12-19(5-2)13-15-20)30-31-28(32)37-18-24(33)29-26-25(27(34)35-6-3)21-10-8-7-9-11-22(21)38-26/h4,12-15H,1,5-11,16-18H2,2-3H3,(H,29,33). The summed E-state index contributed by atoms with van der Waals surface area (Å²) < 4.78 is 13.1. The van der Waals surface area contributed by atoms with Gasteiger partial charge in [0, 0.05) is 11.4 Å². The van der Waals surface area contributed by atoms with Crippen molar-refractivity contribution in [1.29, 1.82) is 0 Å². The van der Waals surface area contributed by atoms with E-state index in [1.54, 1.807) is 13.0 Å². The minimum absolute atomic E-state index is 0.124. The number of nitrogens with zero attached hydrogens (tertiary/aromatic N) is 3. The zero-order valence-electron chi connectivity index (χ0n) is 22.0. The molecule has 1 aliphatic rings. The number of aromatic nitrogens is 3. The van der Waals surface area contributed by atoms with Crippen molar-refractivity contribution < 1.29 is 19.1 Å². The molecule has 2 heterocycles. The van der Waals surface area contributed by atoms with E-state index in [9.17, 15) is 9.59 Å². The van der Waals surface area contributed by atoms with Crippen LogP contribution in [0.25, 0.3) is 0 Å². The quantitative estimate of drug-likeness (QED) is 0.130. The fraction of sp³-hybridized carbons (Fsp3) is 0.429. The Morgan fingerprint density at radius 1 is 1.16 bits per heavy atom. The van der Waals surface area contributed by atoms with Crippen LogP contribution in [0.5, 0.6) is 5.75 Å². The van der Waals surface area contributed by atoms with Crippen LogP contribution in [0, 0.1) is 0 Å². The van der Waals surface area contributed by atoms with Crippen molar-refractivity contribution in [1.82, 2.24) is 14.8 Å². The molecule has 8 nitrogen and oxygen atoms in total. The Labute approximate surface area is 231 Å². The number of esters is 1. The predicted octanol–water partition coefficient (Wildman–Crippen LogP) is 5.84. The second kappa shape index (κ2) is 13.6. The van der Waals surface area contributed by atoms with Gasteiger partial charge in [-0.15, -0.1) is 28.1 Å². The summed E-state index contributed by atoms with van der Waals surface area (Å²) in [6.07, 6.45) is 7.77. The lowest BCUT2D eigenvalue weighted by molar-refractivity contribution is -0.113. The molecule has 2 aromatic heterocycles. The van der Waals surface area contributed by atoms with E-state index in [2.05, 4.69) is 29.0 Å². The number of aryl methyl sites for hydroxylation is 2. The van der Waals surface area contributed by atoms with Gasteiger partial charge >= 0.3 is 5.97 Å². The predicted molar refractivity (Wildman–Crippen MR) is 151 cm³/mol. The molecule has 202 valence electrons. The third-order valence-electron chi connectivity index (χ3n) is 6.29. The van der Waals surface area contributed by atoms with Gasteiger partial charge in [0.2, 0.25) is 5.91 Å². The first-order valence-electron chi connectivity index (χ1n) is 13.0. The lowest BCUT2D eigenvalue weighted by Gasteiger charge is -2.10. The molecule has 10 heteroatoms. The Bertz CT molecular complexity index is 1270. The molecule has 0 saturated heterocycles. The van der Waals surface area contributed by atoms with Crippen molar-refractivity contribution in [2.24, 2.45) is 0 Å². The second-order valence-corrected chi connectivity index (χ2v) is 11.0. The van der Waals surface area contributed by atoms with Crippen molar-refractivity contribution in [2.45, 2.75) is 70.7 Å². The fourth-order valence-corrected chi connectivity index (χ4v) is 6.42. The van der Waals surface area contributed by atoms with E-state index in [0.717, 1.165) is 49.8 Å². The maximum Gasteiger partial charge on any atom is 0.341 e. The Hall–Kier alpha value is -3.11. The van der Waals surface area contributed by atoms with Gasteiger partial charge in [0.25, 0.3) is 0 Å². The fourth-order valence-electron chi connectivity index (χ4n) is 4.36. The van der Waals surface area contributed by atoms with Gasteiger partial charge in [-0.3, -0.25) is 9.36 Å². The number of benzene rings is 1. The third-order valence-corrected chi connectivity index (χ3v) is 8.46. The van der Waals surface area contributed by atoms with Crippen LogP contribution in [0.1, 0.15) is 65.3 Å². The van der Waals surface area contributed by atoms with E-state index in [1.807, 2.05) is 28.8 Å². The smallest absolute Gasteiger partial charge is 0.341 e. The van der Waals surface area contributed by atoms with Crippen LogP contribution in [0.3, 0.4) is 0 Å². The average molecular weight is 555 g/mol. The van der Waals surface area contributed by atoms with Gasteiger partial charge in [0.05, 0.1) is 17.9 Å². The van der Waals surface area contributed by atoms with Crippen LogP contribution in [-0.2, 0) is 41.9 Å². The minimum atomic E-state index is -0.366. The molecule has 1 N–H and O–H groups in total. The number of ether oxygens (including phenoxy) is 2. The number of rotatable bonds is 12. The van der Waals surface area contributed by atoms with Crippen LogP contribution in [-0.4, -0.2) is 39.0 Å². The monoisotopic (exact) mass is 554 g/mol. The number of carbonyl (C=O) groups excluding carboxylic acids is 2. The Balaban J connectivity index is 1.42. The highest BCUT2D eigenvalue weighted by atomic mass is 32.2. The number of fused-ring (bicyclic) bond motifs is 1. The lowest BCUT2D eigenvalue weighted by atomic mass is 10.1. The van der Waals surface area contributed by atoms with E-state index in [4.69, 9.17) is 9.47 Å². The van der Waals surface area contributed by atoms with Crippen molar-refractivity contribution >= 4 is 40.0 Å². The summed E-state index contributed by atoms with van der Waals surface area (Å²) in [7, 11) is 0. The summed E-state index contributed by atoms with van der Waals surface area (Å²) in [6.45, 7) is 8.78. The number of allylic oxidation sites excluding steroid dienone is 1. The first-order valence-corrected chi connectivity index (χ1v) is 14.8. The SMILES string of the molecule is C=CCn1c(COc2ccc(CC)cc2)nnc1SCC(=O)Nc1sc2c(c1C(=O)OCC)CCCCC2. The summed E-state index contributed by atoms with van der Waals surface area (Å²) in [5, 5.41) is 12.7. The highest BCUT2D eigenvalue weighted by molar-refractivity contribution is 7.99. The molecule has 0 radical (unpaired) electrons. The molecule has 0 unspecified atom stereocenters. The van der Waals surface area contributed by atoms with Crippen molar-refractivity contribution in [3.63, 3.8) is 0 Å². The lowest BCUT2D eigenvalue weighted by Crippen LogP contribution is -2.17. The summed E-state index contributed by atoms with van der Waals surface area (Å²) in [6, 6.07) is 7.98. The average Bonchev–Trinajstić information content (AvgIpc) is 3.38. The zero-order valence-corrected chi connectivity index (χ0v) is 23.6. The molecule has 0 aliphatic heterocycles. The Morgan fingerprint density at radius 3 is 2.68 bits per heavy atom. The molecular weight excluding hydrogens is 520 g/mol. The van der Waals surface area contributed by atoms with Gasteiger partial charge in [-0.2, -0.15) is 0 Å². The topological polar surface area (TPSA) is 95.3 Å². The summed E-state index contributed by atoms with van der Waals surface area (Å²) in [4.78, 5) is 26.9. The number of amides is 1. The molecule has 0 bridgehead atoms. The first-order chi connectivity index (χ1) is 18.5. The number of nitrogens with one attached hydrogen (secondary N) is 1. The van der Waals surface area contributed by atoms with Crippen molar-refractivity contribution in [3.8, 4) is 5.75 Å². The van der Waals surface area contributed by atoms with E-state index >= 15 is 0 Å².